The lowest BCUT2D eigenvalue weighted by Gasteiger charge is -2.12. The minimum absolute atomic E-state index is 0.691. The first kappa shape index (κ1) is 20.2. The van der Waals surface area contributed by atoms with Crippen molar-refractivity contribution in [1.29, 1.82) is 0 Å². The van der Waals surface area contributed by atoms with Crippen LogP contribution in [-0.4, -0.2) is 23.6 Å². The molecule has 0 aliphatic heterocycles. The summed E-state index contributed by atoms with van der Waals surface area (Å²) in [6.07, 6.45) is 2.93. The molecule has 0 saturated carbocycles. The largest absolute Gasteiger partial charge is 0.494 e. The highest BCUT2D eigenvalue weighted by atomic mass is 79.9. The number of fused-ring (bicyclic) bond motifs is 2. The first-order valence-electron chi connectivity index (χ1n) is 9.68. The third-order valence-corrected chi connectivity index (χ3v) is 6.11. The monoisotopic (exact) mass is 471 g/mol. The highest BCUT2D eigenvalue weighted by molar-refractivity contribution is 9.10. The highest BCUT2D eigenvalue weighted by Crippen LogP contribution is 2.40. The Morgan fingerprint density at radius 2 is 1.97 bits per heavy atom. The lowest BCUT2D eigenvalue weighted by atomic mass is 9.97. The molecule has 29 heavy (non-hydrogen) atoms. The lowest BCUT2D eigenvalue weighted by molar-refractivity contribution is 0.419. The molecule has 6 heteroatoms. The Hall–Kier alpha value is -2.08. The van der Waals surface area contributed by atoms with Crippen molar-refractivity contribution in [2.45, 2.75) is 26.2 Å². The number of aromatic amines is 1. The Morgan fingerprint density at radius 1 is 1.14 bits per heavy atom. The fourth-order valence-corrected chi connectivity index (χ4v) is 4.79. The molecule has 0 saturated heterocycles. The van der Waals surface area contributed by atoms with Crippen molar-refractivity contribution >= 4 is 49.3 Å². The second kappa shape index (κ2) is 8.34. The van der Waals surface area contributed by atoms with Gasteiger partial charge in [-0.2, -0.15) is 0 Å². The quantitative estimate of drug-likeness (QED) is 0.319. The first-order chi connectivity index (χ1) is 14.0. The van der Waals surface area contributed by atoms with Gasteiger partial charge in [-0.25, -0.2) is 4.98 Å². The Kier molecular flexibility index (Phi) is 5.81. The van der Waals surface area contributed by atoms with Crippen LogP contribution in [0, 0.1) is 6.92 Å². The molecule has 0 unspecified atom stereocenters. The third kappa shape index (κ3) is 3.75. The van der Waals surface area contributed by atoms with Crippen LogP contribution in [0.15, 0.2) is 40.9 Å². The molecule has 0 aliphatic carbocycles. The van der Waals surface area contributed by atoms with Gasteiger partial charge in [0, 0.05) is 31.5 Å². The predicted octanol–water partition coefficient (Wildman–Crippen LogP) is 6.40. The summed E-state index contributed by atoms with van der Waals surface area (Å²) in [4.78, 5) is 8.38. The molecule has 0 fully saturated rings. The maximum atomic E-state index is 6.37. The van der Waals surface area contributed by atoms with Gasteiger partial charge in [0.2, 0.25) is 0 Å². The van der Waals surface area contributed by atoms with E-state index in [-0.39, 0.29) is 0 Å². The summed E-state index contributed by atoms with van der Waals surface area (Å²) in [5, 5.41) is 2.91. The molecule has 0 spiro atoms. The molecule has 0 atom stereocenters. The number of nitrogens with one attached hydrogen (secondary N) is 1. The first-order valence-corrected chi connectivity index (χ1v) is 10.8. The van der Waals surface area contributed by atoms with Crippen LogP contribution >= 0.6 is 27.5 Å². The van der Waals surface area contributed by atoms with Crippen LogP contribution < -0.4 is 10.5 Å². The van der Waals surface area contributed by atoms with Gasteiger partial charge in [0.25, 0.3) is 0 Å². The Bertz CT molecular complexity index is 1200. The van der Waals surface area contributed by atoms with E-state index in [4.69, 9.17) is 27.1 Å². The van der Waals surface area contributed by atoms with Crippen molar-refractivity contribution in [1.82, 2.24) is 9.97 Å². The summed E-state index contributed by atoms with van der Waals surface area (Å²) < 4.78 is 6.52. The number of H-pyrrole nitrogens is 1. The van der Waals surface area contributed by atoms with E-state index in [1.807, 2.05) is 31.2 Å². The van der Waals surface area contributed by atoms with Crippen molar-refractivity contribution in [3.05, 3.63) is 57.2 Å². The van der Waals surface area contributed by atoms with Crippen LogP contribution in [0.2, 0.25) is 5.02 Å². The van der Waals surface area contributed by atoms with Crippen molar-refractivity contribution < 1.29 is 4.74 Å². The Labute approximate surface area is 183 Å². The van der Waals surface area contributed by atoms with Gasteiger partial charge in [0.05, 0.1) is 18.3 Å². The Morgan fingerprint density at radius 3 is 2.72 bits per heavy atom. The van der Waals surface area contributed by atoms with Gasteiger partial charge < -0.3 is 15.5 Å². The standard InChI is InChI=1S/C23H23BrClN3O/c1-13-6-7-17-16(8-9-20(29-2)23(17)27-13)21-15(5-3-4-10-26)18-11-14(25)12-19(24)22(18)28-21/h6-9,11-12,28H,3-5,10,26H2,1-2H3. The van der Waals surface area contributed by atoms with Gasteiger partial charge in [0.15, 0.2) is 0 Å². The van der Waals surface area contributed by atoms with Gasteiger partial charge in [-0.15, -0.1) is 0 Å². The molecule has 150 valence electrons. The van der Waals surface area contributed by atoms with E-state index in [2.05, 4.69) is 33.0 Å². The van der Waals surface area contributed by atoms with Crippen LogP contribution in [0.3, 0.4) is 0 Å². The average molecular weight is 473 g/mol. The minimum atomic E-state index is 0.691. The molecule has 0 amide bonds. The molecular formula is C23H23BrClN3O. The number of nitrogens with two attached hydrogens (primary N) is 1. The second-order valence-corrected chi connectivity index (χ2v) is 8.49. The van der Waals surface area contributed by atoms with E-state index in [1.54, 1.807) is 7.11 Å². The summed E-state index contributed by atoms with van der Waals surface area (Å²) in [6.45, 7) is 2.68. The van der Waals surface area contributed by atoms with Gasteiger partial charge in [-0.05, 0) is 84.6 Å². The van der Waals surface area contributed by atoms with Crippen LogP contribution in [0.5, 0.6) is 5.75 Å². The smallest absolute Gasteiger partial charge is 0.145 e. The van der Waals surface area contributed by atoms with Crippen molar-refractivity contribution in [2.24, 2.45) is 5.73 Å². The van der Waals surface area contributed by atoms with Gasteiger partial charge in [-0.3, -0.25) is 0 Å². The molecule has 0 aliphatic rings. The van der Waals surface area contributed by atoms with Crippen molar-refractivity contribution in [2.75, 3.05) is 13.7 Å². The molecular weight excluding hydrogens is 450 g/mol. The molecule has 4 rings (SSSR count). The summed E-state index contributed by atoms with van der Waals surface area (Å²) in [6, 6.07) is 12.2. The SMILES string of the molecule is COc1ccc(-c2[nH]c3c(Br)cc(Cl)cc3c2CCCCN)c2ccc(C)nc12. The summed E-state index contributed by atoms with van der Waals surface area (Å²) in [5.41, 5.74) is 12.1. The maximum Gasteiger partial charge on any atom is 0.145 e. The van der Waals surface area contributed by atoms with E-state index in [9.17, 15) is 0 Å². The zero-order chi connectivity index (χ0) is 20.5. The zero-order valence-electron chi connectivity index (χ0n) is 16.5. The van der Waals surface area contributed by atoms with Crippen LogP contribution in [0.25, 0.3) is 33.1 Å². The lowest BCUT2D eigenvalue weighted by Crippen LogP contribution is -1.99. The van der Waals surface area contributed by atoms with E-state index in [0.29, 0.717) is 11.6 Å². The van der Waals surface area contributed by atoms with E-state index in [1.165, 1.54) is 5.56 Å². The minimum Gasteiger partial charge on any atom is -0.494 e. The molecule has 2 heterocycles. The number of methoxy groups -OCH3 is 1. The topological polar surface area (TPSA) is 63.9 Å². The average Bonchev–Trinajstić information content (AvgIpc) is 3.06. The number of halogens is 2. The second-order valence-electron chi connectivity index (χ2n) is 7.20. The van der Waals surface area contributed by atoms with Crippen molar-refractivity contribution in [3.8, 4) is 17.0 Å². The fourth-order valence-electron chi connectivity index (χ4n) is 3.88. The number of hydrogen-bond donors (Lipinski definition) is 2. The van der Waals surface area contributed by atoms with E-state index < -0.39 is 0 Å². The normalized spacial score (nSPS) is 11.5. The van der Waals surface area contributed by atoms with Gasteiger partial charge in [0.1, 0.15) is 11.3 Å². The molecule has 4 nitrogen and oxygen atoms in total. The number of ether oxygens (including phenoxy) is 1. The zero-order valence-corrected chi connectivity index (χ0v) is 18.8. The van der Waals surface area contributed by atoms with Crippen molar-refractivity contribution in [3.63, 3.8) is 0 Å². The number of unbranched alkanes of at least 4 members (excludes halogenated alkanes) is 1. The fraction of sp³-hybridized carbons (Fsp3) is 0.261. The summed E-state index contributed by atoms with van der Waals surface area (Å²) in [5.74, 6) is 0.775. The Balaban J connectivity index is 2.00. The maximum absolute atomic E-state index is 6.37. The van der Waals surface area contributed by atoms with E-state index >= 15 is 0 Å². The van der Waals surface area contributed by atoms with Gasteiger partial charge >= 0.3 is 0 Å². The van der Waals surface area contributed by atoms with Crippen LogP contribution in [0.1, 0.15) is 24.1 Å². The molecule has 3 N–H and O–H groups in total. The van der Waals surface area contributed by atoms with E-state index in [0.717, 1.165) is 68.2 Å². The number of nitrogens with zero attached hydrogens (tertiary/aromatic N) is 1. The molecule has 2 aromatic heterocycles. The predicted molar refractivity (Wildman–Crippen MR) is 125 cm³/mol. The number of benzene rings is 2. The van der Waals surface area contributed by atoms with Gasteiger partial charge in [-0.1, -0.05) is 17.7 Å². The number of pyridine rings is 1. The summed E-state index contributed by atoms with van der Waals surface area (Å²) in [7, 11) is 1.68. The third-order valence-electron chi connectivity index (χ3n) is 5.26. The van der Waals surface area contributed by atoms with Crippen LogP contribution in [-0.2, 0) is 6.42 Å². The molecule has 2 aromatic carbocycles. The van der Waals surface area contributed by atoms with Crippen LogP contribution in [0.4, 0.5) is 0 Å². The number of hydrogen-bond acceptors (Lipinski definition) is 3. The molecule has 0 radical (unpaired) electrons. The number of aromatic nitrogens is 2. The molecule has 4 aromatic rings. The number of rotatable bonds is 6. The molecule has 0 bridgehead atoms. The number of aryl methyl sites for hydroxylation is 2. The highest BCUT2D eigenvalue weighted by Gasteiger charge is 2.19. The summed E-state index contributed by atoms with van der Waals surface area (Å²) >= 11 is 10.0.